The van der Waals surface area contributed by atoms with Crippen molar-refractivity contribution in [3.05, 3.63) is 64.7 Å². The molecule has 23 heavy (non-hydrogen) atoms. The van der Waals surface area contributed by atoms with E-state index in [4.69, 9.17) is 4.74 Å². The van der Waals surface area contributed by atoms with Gasteiger partial charge in [0.25, 0.3) is 0 Å². The summed E-state index contributed by atoms with van der Waals surface area (Å²) in [6, 6.07) is 12.9. The first-order valence-electron chi connectivity index (χ1n) is 7.30. The Morgan fingerprint density at radius 1 is 1.00 bits per heavy atom. The number of benzene rings is 2. The van der Waals surface area contributed by atoms with Crippen molar-refractivity contribution in [2.45, 2.75) is 20.4 Å². The summed E-state index contributed by atoms with van der Waals surface area (Å²) in [6.45, 7) is 4.04. The van der Waals surface area contributed by atoms with E-state index < -0.39 is 5.97 Å². The van der Waals surface area contributed by atoms with Crippen molar-refractivity contribution in [1.82, 2.24) is 5.32 Å². The molecule has 2 N–H and O–H groups in total. The van der Waals surface area contributed by atoms with Crippen LogP contribution in [0.1, 0.15) is 27.0 Å². The number of carbonyl (C=O) groups is 2. The van der Waals surface area contributed by atoms with Crippen molar-refractivity contribution in [2.75, 3.05) is 12.4 Å². The highest BCUT2D eigenvalue weighted by Crippen LogP contribution is 2.25. The van der Waals surface area contributed by atoms with Crippen molar-refractivity contribution in [3.63, 3.8) is 0 Å². The molecule has 0 aromatic heterocycles. The SMILES string of the molecule is COC(=O)c1c(C)ccc(C)c1NC(=O)NCc1ccccc1. The minimum Gasteiger partial charge on any atom is -0.465 e. The van der Waals surface area contributed by atoms with Crippen molar-refractivity contribution in [2.24, 2.45) is 0 Å². The summed E-state index contributed by atoms with van der Waals surface area (Å²) in [4.78, 5) is 24.1. The molecule has 5 heteroatoms. The maximum atomic E-state index is 12.1. The summed E-state index contributed by atoms with van der Waals surface area (Å²) in [5.41, 5.74) is 3.40. The molecule has 0 saturated carbocycles. The molecule has 2 rings (SSSR count). The van der Waals surface area contributed by atoms with Crippen LogP contribution in [0.3, 0.4) is 0 Å². The third-order valence-corrected chi connectivity index (χ3v) is 3.55. The fourth-order valence-corrected chi connectivity index (χ4v) is 2.27. The predicted molar refractivity (Wildman–Crippen MR) is 89.6 cm³/mol. The molecule has 120 valence electrons. The first-order valence-corrected chi connectivity index (χ1v) is 7.30. The lowest BCUT2D eigenvalue weighted by Gasteiger charge is -2.15. The van der Waals surface area contributed by atoms with Gasteiger partial charge in [-0.2, -0.15) is 0 Å². The standard InChI is InChI=1S/C18H20N2O3/c1-12-9-10-13(2)16(15(12)17(21)23-3)20-18(22)19-11-14-7-5-4-6-8-14/h4-10H,11H2,1-3H3,(H2,19,20,22). The average Bonchev–Trinajstić information content (AvgIpc) is 2.57. The number of nitrogens with one attached hydrogen (secondary N) is 2. The summed E-state index contributed by atoms with van der Waals surface area (Å²) in [5.74, 6) is -0.468. The lowest BCUT2D eigenvalue weighted by molar-refractivity contribution is 0.0601. The van der Waals surface area contributed by atoms with Crippen LogP contribution in [-0.4, -0.2) is 19.1 Å². The van der Waals surface area contributed by atoms with Gasteiger partial charge in [-0.05, 0) is 30.5 Å². The van der Waals surface area contributed by atoms with Gasteiger partial charge in [0, 0.05) is 6.54 Å². The number of amides is 2. The molecule has 2 amide bonds. The second-order valence-corrected chi connectivity index (χ2v) is 5.23. The quantitative estimate of drug-likeness (QED) is 0.850. The van der Waals surface area contributed by atoms with Gasteiger partial charge < -0.3 is 15.4 Å². The fourth-order valence-electron chi connectivity index (χ4n) is 2.27. The summed E-state index contributed by atoms with van der Waals surface area (Å²) >= 11 is 0. The average molecular weight is 312 g/mol. The summed E-state index contributed by atoms with van der Waals surface area (Å²) in [6.07, 6.45) is 0. The maximum Gasteiger partial charge on any atom is 0.340 e. The number of carbonyl (C=O) groups excluding carboxylic acids is 2. The van der Waals surface area contributed by atoms with Crippen molar-refractivity contribution >= 4 is 17.7 Å². The first kappa shape index (κ1) is 16.5. The molecular formula is C18H20N2O3. The second-order valence-electron chi connectivity index (χ2n) is 5.23. The molecule has 2 aromatic rings. The Balaban J connectivity index is 2.14. The molecule has 0 aliphatic rings. The molecule has 0 fully saturated rings. The summed E-state index contributed by atoms with van der Waals surface area (Å²) in [7, 11) is 1.32. The first-order chi connectivity index (χ1) is 11.0. The molecule has 0 unspecified atom stereocenters. The van der Waals surface area contributed by atoms with Gasteiger partial charge in [0.15, 0.2) is 0 Å². The van der Waals surface area contributed by atoms with E-state index in [-0.39, 0.29) is 6.03 Å². The number of hydrogen-bond acceptors (Lipinski definition) is 3. The van der Waals surface area contributed by atoms with Crippen LogP contribution in [0.2, 0.25) is 0 Å². The molecule has 2 aromatic carbocycles. The van der Waals surface area contributed by atoms with E-state index in [9.17, 15) is 9.59 Å². The minimum atomic E-state index is -0.468. The number of urea groups is 1. The number of aryl methyl sites for hydroxylation is 2. The van der Waals surface area contributed by atoms with E-state index in [2.05, 4.69) is 10.6 Å². The van der Waals surface area contributed by atoms with Crippen LogP contribution in [0.15, 0.2) is 42.5 Å². The Labute approximate surface area is 135 Å². The van der Waals surface area contributed by atoms with Crippen LogP contribution in [0.4, 0.5) is 10.5 Å². The van der Waals surface area contributed by atoms with E-state index >= 15 is 0 Å². The molecule has 0 radical (unpaired) electrons. The highest BCUT2D eigenvalue weighted by atomic mass is 16.5. The minimum absolute atomic E-state index is 0.368. The molecule has 0 heterocycles. The number of anilines is 1. The second kappa shape index (κ2) is 7.45. The molecule has 0 bridgehead atoms. The molecule has 0 saturated heterocycles. The topological polar surface area (TPSA) is 67.4 Å². The highest BCUT2D eigenvalue weighted by molar-refractivity contribution is 6.02. The van der Waals surface area contributed by atoms with Crippen molar-refractivity contribution in [1.29, 1.82) is 0 Å². The Kier molecular flexibility index (Phi) is 5.36. The molecular weight excluding hydrogens is 292 g/mol. The van der Waals surface area contributed by atoms with Gasteiger partial charge in [-0.15, -0.1) is 0 Å². The number of rotatable bonds is 4. The molecule has 5 nitrogen and oxygen atoms in total. The fraction of sp³-hybridized carbons (Fsp3) is 0.222. The molecule has 0 spiro atoms. The van der Waals surface area contributed by atoms with E-state index in [0.717, 1.165) is 16.7 Å². The highest BCUT2D eigenvalue weighted by Gasteiger charge is 2.18. The lowest BCUT2D eigenvalue weighted by atomic mass is 10.0. The number of ether oxygens (including phenoxy) is 1. The Hall–Kier alpha value is -2.82. The third kappa shape index (κ3) is 4.10. The monoisotopic (exact) mass is 312 g/mol. The van der Waals surface area contributed by atoms with Crippen molar-refractivity contribution in [3.8, 4) is 0 Å². The molecule has 0 aliphatic heterocycles. The zero-order valence-corrected chi connectivity index (χ0v) is 13.5. The van der Waals surface area contributed by atoms with E-state index in [1.807, 2.05) is 49.4 Å². The Morgan fingerprint density at radius 2 is 1.65 bits per heavy atom. The van der Waals surface area contributed by atoms with Gasteiger partial charge in [0.05, 0.1) is 18.4 Å². The predicted octanol–water partition coefficient (Wildman–Crippen LogP) is 3.41. The Bertz CT molecular complexity index is 712. The zero-order chi connectivity index (χ0) is 16.8. The van der Waals surface area contributed by atoms with Crippen LogP contribution < -0.4 is 10.6 Å². The van der Waals surface area contributed by atoms with Gasteiger partial charge in [-0.3, -0.25) is 0 Å². The number of methoxy groups -OCH3 is 1. The van der Waals surface area contributed by atoms with Crippen LogP contribution in [0.25, 0.3) is 0 Å². The summed E-state index contributed by atoms with van der Waals surface area (Å²) < 4.78 is 4.81. The van der Waals surface area contributed by atoms with Gasteiger partial charge in [-0.1, -0.05) is 42.5 Å². The van der Waals surface area contributed by atoms with Crippen LogP contribution in [0, 0.1) is 13.8 Å². The van der Waals surface area contributed by atoms with E-state index in [1.54, 1.807) is 6.92 Å². The van der Waals surface area contributed by atoms with Crippen LogP contribution >= 0.6 is 0 Å². The van der Waals surface area contributed by atoms with E-state index in [0.29, 0.717) is 17.8 Å². The maximum absolute atomic E-state index is 12.1. The van der Waals surface area contributed by atoms with Crippen LogP contribution in [0.5, 0.6) is 0 Å². The molecule has 0 aliphatic carbocycles. The van der Waals surface area contributed by atoms with Gasteiger partial charge in [0.1, 0.15) is 0 Å². The van der Waals surface area contributed by atoms with Gasteiger partial charge >= 0.3 is 12.0 Å². The largest absolute Gasteiger partial charge is 0.465 e. The van der Waals surface area contributed by atoms with Gasteiger partial charge in [0.2, 0.25) is 0 Å². The van der Waals surface area contributed by atoms with E-state index in [1.165, 1.54) is 7.11 Å². The number of hydrogen-bond donors (Lipinski definition) is 2. The smallest absolute Gasteiger partial charge is 0.340 e. The lowest BCUT2D eigenvalue weighted by Crippen LogP contribution is -2.29. The summed E-state index contributed by atoms with van der Waals surface area (Å²) in [5, 5.41) is 5.53. The van der Waals surface area contributed by atoms with Crippen LogP contribution in [-0.2, 0) is 11.3 Å². The third-order valence-electron chi connectivity index (χ3n) is 3.55. The van der Waals surface area contributed by atoms with Gasteiger partial charge in [-0.25, -0.2) is 9.59 Å². The zero-order valence-electron chi connectivity index (χ0n) is 13.5. The normalized spacial score (nSPS) is 10.0. The number of esters is 1. The molecule has 0 atom stereocenters. The Morgan fingerprint density at radius 3 is 2.30 bits per heavy atom. The van der Waals surface area contributed by atoms with Crippen molar-refractivity contribution < 1.29 is 14.3 Å².